The van der Waals surface area contributed by atoms with Crippen LogP contribution in [-0.4, -0.2) is 20.7 Å². The zero-order valence-electron chi connectivity index (χ0n) is 10.8. The van der Waals surface area contributed by atoms with Crippen LogP contribution in [0, 0.1) is 0 Å². The maximum absolute atomic E-state index is 12.0. The van der Waals surface area contributed by atoms with E-state index in [9.17, 15) is 4.79 Å². The highest BCUT2D eigenvalue weighted by atomic mass is 32.1. The molecule has 1 amide bonds. The van der Waals surface area contributed by atoms with Gasteiger partial charge in [-0.3, -0.25) is 9.48 Å². The van der Waals surface area contributed by atoms with Gasteiger partial charge in [0.15, 0.2) is 0 Å². The van der Waals surface area contributed by atoms with Gasteiger partial charge in [-0.05, 0) is 25.8 Å². The zero-order valence-corrected chi connectivity index (χ0v) is 11.6. The highest BCUT2D eigenvalue weighted by molar-refractivity contribution is 7.09. The van der Waals surface area contributed by atoms with Gasteiger partial charge in [0.1, 0.15) is 5.69 Å². The minimum Gasteiger partial charge on any atom is -0.345 e. The molecule has 5 nitrogen and oxygen atoms in total. The van der Waals surface area contributed by atoms with Crippen LogP contribution in [0.2, 0.25) is 0 Å². The van der Waals surface area contributed by atoms with Crippen LogP contribution in [0.25, 0.3) is 0 Å². The van der Waals surface area contributed by atoms with Crippen molar-refractivity contribution in [3.63, 3.8) is 0 Å². The average Bonchev–Trinajstić information content (AvgIpc) is 2.99. The van der Waals surface area contributed by atoms with Crippen LogP contribution in [-0.2, 0) is 13.1 Å². The molecule has 0 bridgehead atoms. The smallest absolute Gasteiger partial charge is 0.269 e. The molecular weight excluding hydrogens is 260 g/mol. The second-order valence-corrected chi connectivity index (χ2v) is 5.56. The first-order valence-corrected chi connectivity index (χ1v) is 7.40. The van der Waals surface area contributed by atoms with Crippen molar-refractivity contribution in [3.05, 3.63) is 34.0 Å². The standard InChI is InChI=1S/C13H16N4OS/c1-2-17-11(5-6-15-17)12(18)14-7-10-8-19-13(16-10)9-3-4-9/h5-6,8-9H,2-4,7H2,1H3,(H,14,18). The van der Waals surface area contributed by atoms with Gasteiger partial charge >= 0.3 is 0 Å². The Kier molecular flexibility index (Phi) is 3.33. The summed E-state index contributed by atoms with van der Waals surface area (Å²) in [6.07, 6.45) is 4.16. The van der Waals surface area contributed by atoms with Crippen molar-refractivity contribution in [2.75, 3.05) is 0 Å². The minimum atomic E-state index is -0.0969. The van der Waals surface area contributed by atoms with Crippen LogP contribution < -0.4 is 5.32 Å². The van der Waals surface area contributed by atoms with Gasteiger partial charge in [0, 0.05) is 24.0 Å². The van der Waals surface area contributed by atoms with E-state index in [2.05, 4.69) is 15.4 Å². The summed E-state index contributed by atoms with van der Waals surface area (Å²) in [5, 5.41) is 10.2. The van der Waals surface area contributed by atoms with Gasteiger partial charge in [-0.1, -0.05) is 0 Å². The van der Waals surface area contributed by atoms with Crippen LogP contribution in [0.3, 0.4) is 0 Å². The molecule has 2 aromatic rings. The van der Waals surface area contributed by atoms with E-state index in [0.717, 1.165) is 5.69 Å². The Balaban J connectivity index is 1.60. The largest absolute Gasteiger partial charge is 0.345 e. The molecule has 6 heteroatoms. The number of nitrogens with one attached hydrogen (secondary N) is 1. The highest BCUT2D eigenvalue weighted by Gasteiger charge is 2.26. The topological polar surface area (TPSA) is 59.8 Å². The van der Waals surface area contributed by atoms with Crippen LogP contribution >= 0.6 is 11.3 Å². The van der Waals surface area contributed by atoms with E-state index in [4.69, 9.17) is 0 Å². The Bertz CT molecular complexity index is 585. The van der Waals surface area contributed by atoms with Gasteiger partial charge in [-0.25, -0.2) is 4.98 Å². The lowest BCUT2D eigenvalue weighted by atomic mass is 10.3. The minimum absolute atomic E-state index is 0.0969. The summed E-state index contributed by atoms with van der Waals surface area (Å²) in [6, 6.07) is 1.73. The molecular formula is C13H16N4OS. The lowest BCUT2D eigenvalue weighted by molar-refractivity contribution is 0.0940. The number of carbonyl (C=O) groups is 1. The van der Waals surface area contributed by atoms with Crippen molar-refractivity contribution >= 4 is 17.2 Å². The van der Waals surface area contributed by atoms with E-state index in [1.165, 1.54) is 17.8 Å². The third kappa shape index (κ3) is 2.68. The lowest BCUT2D eigenvalue weighted by Gasteiger charge is -2.05. The number of hydrogen-bond acceptors (Lipinski definition) is 4. The molecule has 2 aromatic heterocycles. The van der Waals surface area contributed by atoms with Crippen molar-refractivity contribution < 1.29 is 4.79 Å². The summed E-state index contributed by atoms with van der Waals surface area (Å²) < 4.78 is 1.69. The summed E-state index contributed by atoms with van der Waals surface area (Å²) in [4.78, 5) is 16.6. The first-order valence-electron chi connectivity index (χ1n) is 6.52. The van der Waals surface area contributed by atoms with E-state index in [0.29, 0.717) is 24.7 Å². The third-order valence-electron chi connectivity index (χ3n) is 3.17. The van der Waals surface area contributed by atoms with Gasteiger partial charge < -0.3 is 5.32 Å². The van der Waals surface area contributed by atoms with Crippen molar-refractivity contribution in [1.82, 2.24) is 20.1 Å². The summed E-state index contributed by atoms with van der Waals surface area (Å²) in [5.41, 5.74) is 1.54. The van der Waals surface area contributed by atoms with E-state index in [1.54, 1.807) is 28.3 Å². The maximum atomic E-state index is 12.0. The molecule has 0 radical (unpaired) electrons. The van der Waals surface area contributed by atoms with Crippen molar-refractivity contribution in [1.29, 1.82) is 0 Å². The molecule has 0 saturated heterocycles. The number of nitrogens with zero attached hydrogens (tertiary/aromatic N) is 3. The maximum Gasteiger partial charge on any atom is 0.269 e. The number of thiazole rings is 1. The van der Waals surface area contributed by atoms with Crippen LogP contribution in [0.1, 0.15) is 46.9 Å². The fourth-order valence-corrected chi connectivity index (χ4v) is 2.95. The molecule has 0 aliphatic heterocycles. The number of carbonyl (C=O) groups excluding carboxylic acids is 1. The van der Waals surface area contributed by atoms with Crippen molar-refractivity contribution in [2.45, 2.75) is 38.8 Å². The normalized spacial score (nSPS) is 14.6. The summed E-state index contributed by atoms with van der Waals surface area (Å²) in [7, 11) is 0. The number of aromatic nitrogens is 3. The molecule has 1 N–H and O–H groups in total. The van der Waals surface area contributed by atoms with Gasteiger partial charge in [0.2, 0.25) is 0 Å². The lowest BCUT2D eigenvalue weighted by Crippen LogP contribution is -2.25. The van der Waals surface area contributed by atoms with Crippen molar-refractivity contribution in [3.8, 4) is 0 Å². The summed E-state index contributed by atoms with van der Waals surface area (Å²) >= 11 is 1.70. The van der Waals surface area contributed by atoms with E-state index in [-0.39, 0.29) is 5.91 Å². The number of rotatable bonds is 5. The Labute approximate surface area is 115 Å². The van der Waals surface area contributed by atoms with Gasteiger partial charge in [0.25, 0.3) is 5.91 Å². The Morgan fingerprint density at radius 2 is 2.42 bits per heavy atom. The second kappa shape index (κ2) is 5.13. The fraction of sp³-hybridized carbons (Fsp3) is 0.462. The second-order valence-electron chi connectivity index (χ2n) is 4.67. The summed E-state index contributed by atoms with van der Waals surface area (Å²) in [6.45, 7) is 3.14. The predicted molar refractivity (Wildman–Crippen MR) is 73.2 cm³/mol. The van der Waals surface area contributed by atoms with E-state index in [1.807, 2.05) is 12.3 Å². The molecule has 2 heterocycles. The molecule has 1 saturated carbocycles. The predicted octanol–water partition coefficient (Wildman–Crippen LogP) is 2.17. The summed E-state index contributed by atoms with van der Waals surface area (Å²) in [5.74, 6) is 0.580. The van der Waals surface area contributed by atoms with Gasteiger partial charge in [0.05, 0.1) is 17.2 Å². The monoisotopic (exact) mass is 276 g/mol. The van der Waals surface area contributed by atoms with E-state index >= 15 is 0 Å². The molecule has 1 fully saturated rings. The van der Waals surface area contributed by atoms with Gasteiger partial charge in [-0.15, -0.1) is 11.3 Å². The molecule has 0 unspecified atom stereocenters. The zero-order chi connectivity index (χ0) is 13.2. The molecule has 19 heavy (non-hydrogen) atoms. The number of amides is 1. The van der Waals surface area contributed by atoms with Crippen LogP contribution in [0.15, 0.2) is 17.6 Å². The molecule has 1 aliphatic rings. The Hall–Kier alpha value is -1.69. The van der Waals surface area contributed by atoms with Gasteiger partial charge in [-0.2, -0.15) is 5.10 Å². The molecule has 3 rings (SSSR count). The first kappa shape index (κ1) is 12.3. The quantitative estimate of drug-likeness (QED) is 0.910. The highest BCUT2D eigenvalue weighted by Crippen LogP contribution is 2.41. The molecule has 0 atom stereocenters. The number of aryl methyl sites for hydroxylation is 1. The average molecular weight is 276 g/mol. The molecule has 1 aliphatic carbocycles. The molecule has 0 spiro atoms. The molecule has 100 valence electrons. The first-order chi connectivity index (χ1) is 9.28. The Morgan fingerprint density at radius 3 is 3.16 bits per heavy atom. The van der Waals surface area contributed by atoms with Crippen LogP contribution in [0.4, 0.5) is 0 Å². The SMILES string of the molecule is CCn1nccc1C(=O)NCc1csc(C2CC2)n1. The fourth-order valence-electron chi connectivity index (χ4n) is 1.96. The van der Waals surface area contributed by atoms with E-state index < -0.39 is 0 Å². The number of hydrogen-bond donors (Lipinski definition) is 1. The Morgan fingerprint density at radius 1 is 1.58 bits per heavy atom. The van der Waals surface area contributed by atoms with Crippen LogP contribution in [0.5, 0.6) is 0 Å². The molecule has 0 aromatic carbocycles. The van der Waals surface area contributed by atoms with Crippen molar-refractivity contribution in [2.24, 2.45) is 0 Å². The third-order valence-corrected chi connectivity index (χ3v) is 4.23.